The molecule has 1 aromatic rings. The van der Waals surface area contributed by atoms with Gasteiger partial charge < -0.3 is 5.32 Å². The molecule has 4 nitrogen and oxygen atoms in total. The molecule has 0 spiro atoms. The van der Waals surface area contributed by atoms with Crippen LogP contribution in [-0.2, 0) is 10.0 Å². The van der Waals surface area contributed by atoms with Crippen molar-refractivity contribution in [3.63, 3.8) is 0 Å². The van der Waals surface area contributed by atoms with Gasteiger partial charge in [-0.05, 0) is 60.1 Å². The highest BCUT2D eigenvalue weighted by Crippen LogP contribution is 2.29. The first kappa shape index (κ1) is 15.4. The van der Waals surface area contributed by atoms with Gasteiger partial charge in [0.1, 0.15) is 0 Å². The molecule has 19 heavy (non-hydrogen) atoms. The van der Waals surface area contributed by atoms with E-state index >= 15 is 0 Å². The highest BCUT2D eigenvalue weighted by Gasteiger charge is 2.30. The average molecular weight is 412 g/mol. The molecule has 1 aliphatic heterocycles. The predicted octanol–water partition coefficient (Wildman–Crippen LogP) is 2.58. The topological polar surface area (TPSA) is 49.4 Å². The summed E-state index contributed by atoms with van der Waals surface area (Å²) in [6.45, 7) is 1.73. The van der Waals surface area contributed by atoms with Crippen LogP contribution in [0.4, 0.5) is 0 Å². The number of nitrogens with one attached hydrogen (secondary N) is 1. The molecule has 0 aliphatic carbocycles. The monoisotopic (exact) mass is 410 g/mol. The minimum absolute atomic E-state index is 0.0711. The fraction of sp³-hybridized carbons (Fsp3) is 0.500. The van der Waals surface area contributed by atoms with Crippen molar-refractivity contribution in [2.45, 2.75) is 23.8 Å². The van der Waals surface area contributed by atoms with Gasteiger partial charge in [-0.25, -0.2) is 8.42 Å². The lowest BCUT2D eigenvalue weighted by molar-refractivity contribution is 0.296. The van der Waals surface area contributed by atoms with E-state index in [0.717, 1.165) is 30.4 Å². The third-order valence-corrected chi connectivity index (χ3v) is 6.75. The number of benzene rings is 1. The number of hydrogen-bond donors (Lipinski definition) is 1. The minimum Gasteiger partial charge on any atom is -0.317 e. The van der Waals surface area contributed by atoms with Gasteiger partial charge in [-0.15, -0.1) is 0 Å². The zero-order valence-corrected chi connectivity index (χ0v) is 14.6. The summed E-state index contributed by atoms with van der Waals surface area (Å²) in [5.74, 6) is 0. The molecule has 2 rings (SSSR count). The average Bonchev–Trinajstić information content (AvgIpc) is 2.38. The molecule has 0 radical (unpaired) electrons. The van der Waals surface area contributed by atoms with Crippen LogP contribution in [-0.4, -0.2) is 38.9 Å². The summed E-state index contributed by atoms with van der Waals surface area (Å²) in [4.78, 5) is 0.316. The molecule has 0 saturated carbocycles. The summed E-state index contributed by atoms with van der Waals surface area (Å²) in [7, 11) is -1.78. The van der Waals surface area contributed by atoms with Crippen molar-refractivity contribution < 1.29 is 8.42 Å². The first-order valence-electron chi connectivity index (χ1n) is 6.07. The summed E-state index contributed by atoms with van der Waals surface area (Å²) in [6.07, 6.45) is 1.70. The quantitative estimate of drug-likeness (QED) is 0.831. The van der Waals surface area contributed by atoms with Crippen molar-refractivity contribution in [2.24, 2.45) is 0 Å². The number of nitrogens with zero attached hydrogens (tertiary/aromatic N) is 1. The van der Waals surface area contributed by atoms with Crippen LogP contribution in [0.1, 0.15) is 12.8 Å². The van der Waals surface area contributed by atoms with Gasteiger partial charge in [-0.2, -0.15) is 4.31 Å². The van der Waals surface area contributed by atoms with E-state index in [2.05, 4.69) is 37.2 Å². The van der Waals surface area contributed by atoms with Crippen LogP contribution in [0.15, 0.2) is 32.0 Å². The Morgan fingerprint density at radius 2 is 1.89 bits per heavy atom. The molecule has 7 heteroatoms. The third kappa shape index (κ3) is 3.39. The summed E-state index contributed by atoms with van der Waals surface area (Å²) in [6, 6.07) is 5.19. The maximum absolute atomic E-state index is 12.6. The minimum atomic E-state index is -3.45. The summed E-state index contributed by atoms with van der Waals surface area (Å²) in [5.41, 5.74) is 0. The molecule has 1 saturated heterocycles. The first-order chi connectivity index (χ1) is 8.93. The van der Waals surface area contributed by atoms with Crippen molar-refractivity contribution in [3.05, 3.63) is 27.1 Å². The van der Waals surface area contributed by atoms with Crippen LogP contribution in [0.2, 0.25) is 0 Å². The van der Waals surface area contributed by atoms with Crippen molar-refractivity contribution in [3.8, 4) is 0 Å². The van der Waals surface area contributed by atoms with Crippen LogP contribution in [0.5, 0.6) is 0 Å². The summed E-state index contributed by atoms with van der Waals surface area (Å²) in [5, 5.41) is 3.24. The van der Waals surface area contributed by atoms with Crippen molar-refractivity contribution in [1.82, 2.24) is 9.62 Å². The van der Waals surface area contributed by atoms with E-state index in [1.54, 1.807) is 25.2 Å². The molecule has 0 atom stereocenters. The van der Waals surface area contributed by atoms with Crippen LogP contribution in [0.25, 0.3) is 0 Å². The second-order valence-corrected chi connectivity index (χ2v) is 8.31. The molecule has 0 aromatic heterocycles. The molecule has 1 fully saturated rings. The van der Waals surface area contributed by atoms with Gasteiger partial charge in [0.25, 0.3) is 0 Å². The lowest BCUT2D eigenvalue weighted by Gasteiger charge is -2.31. The van der Waals surface area contributed by atoms with E-state index in [1.807, 2.05) is 0 Å². The van der Waals surface area contributed by atoms with Gasteiger partial charge >= 0.3 is 0 Å². The Bertz CT molecular complexity index is 557. The van der Waals surface area contributed by atoms with Gasteiger partial charge in [0.2, 0.25) is 10.0 Å². The lowest BCUT2D eigenvalue weighted by Crippen LogP contribution is -2.43. The van der Waals surface area contributed by atoms with Crippen molar-refractivity contribution in [1.29, 1.82) is 0 Å². The van der Waals surface area contributed by atoms with E-state index in [9.17, 15) is 8.42 Å². The number of halogens is 2. The van der Waals surface area contributed by atoms with Crippen LogP contribution in [0.3, 0.4) is 0 Å². The fourth-order valence-electron chi connectivity index (χ4n) is 2.21. The van der Waals surface area contributed by atoms with Crippen molar-refractivity contribution in [2.75, 3.05) is 20.1 Å². The molecule has 0 bridgehead atoms. The number of hydrogen-bond acceptors (Lipinski definition) is 3. The van der Waals surface area contributed by atoms with E-state index in [1.165, 1.54) is 4.31 Å². The molecule has 0 amide bonds. The third-order valence-electron chi connectivity index (χ3n) is 3.37. The largest absolute Gasteiger partial charge is 0.317 e. The van der Waals surface area contributed by atoms with Crippen molar-refractivity contribution >= 4 is 41.9 Å². The second kappa shape index (κ2) is 6.22. The highest BCUT2D eigenvalue weighted by molar-refractivity contribution is 9.11. The van der Waals surface area contributed by atoms with Crippen LogP contribution in [0, 0.1) is 0 Å². The zero-order chi connectivity index (χ0) is 14.0. The molecule has 1 aliphatic rings. The Kier molecular flexibility index (Phi) is 5.05. The predicted molar refractivity (Wildman–Crippen MR) is 82.7 cm³/mol. The van der Waals surface area contributed by atoms with Gasteiger partial charge in [-0.1, -0.05) is 15.9 Å². The normalized spacial score (nSPS) is 17.9. The summed E-state index contributed by atoms with van der Waals surface area (Å²) < 4.78 is 28.2. The number of piperidine rings is 1. The highest BCUT2D eigenvalue weighted by atomic mass is 79.9. The van der Waals surface area contributed by atoms with Gasteiger partial charge in [-0.3, -0.25) is 0 Å². The van der Waals surface area contributed by atoms with E-state index < -0.39 is 10.0 Å². The van der Waals surface area contributed by atoms with Gasteiger partial charge in [0, 0.05) is 22.0 Å². The molecule has 1 N–H and O–H groups in total. The Balaban J connectivity index is 2.30. The molecule has 1 aromatic carbocycles. The van der Waals surface area contributed by atoms with Gasteiger partial charge in [0.05, 0.1) is 4.90 Å². The summed E-state index contributed by atoms with van der Waals surface area (Å²) >= 11 is 6.66. The molecule has 106 valence electrons. The maximum atomic E-state index is 12.6. The Morgan fingerprint density at radius 1 is 1.26 bits per heavy atom. The van der Waals surface area contributed by atoms with E-state index in [4.69, 9.17) is 0 Å². The Labute approximate surface area is 130 Å². The smallest absolute Gasteiger partial charge is 0.244 e. The standard InChI is InChI=1S/C12H16Br2N2O2S/c1-16(10-4-6-15-7-5-10)19(17,18)12-3-2-9(13)8-11(12)14/h2-3,8,10,15H,4-7H2,1H3. The number of rotatable bonds is 3. The lowest BCUT2D eigenvalue weighted by atomic mass is 10.1. The molecular weight excluding hydrogens is 396 g/mol. The second-order valence-electron chi connectivity index (χ2n) is 4.58. The molecular formula is C12H16Br2N2O2S. The Hall–Kier alpha value is 0.0500. The van der Waals surface area contributed by atoms with E-state index in [-0.39, 0.29) is 6.04 Å². The first-order valence-corrected chi connectivity index (χ1v) is 9.09. The Morgan fingerprint density at radius 3 is 2.47 bits per heavy atom. The van der Waals surface area contributed by atoms with E-state index in [0.29, 0.717) is 9.37 Å². The molecule has 0 unspecified atom stereocenters. The van der Waals surface area contributed by atoms with Crippen LogP contribution < -0.4 is 5.32 Å². The SMILES string of the molecule is CN(C1CCNCC1)S(=O)(=O)c1ccc(Br)cc1Br. The van der Waals surface area contributed by atoms with Gasteiger partial charge in [0.15, 0.2) is 0 Å². The van der Waals surface area contributed by atoms with Crippen LogP contribution >= 0.6 is 31.9 Å². The number of sulfonamides is 1. The molecule has 1 heterocycles. The fourth-order valence-corrected chi connectivity index (χ4v) is 5.33. The maximum Gasteiger partial charge on any atom is 0.244 e. The zero-order valence-electron chi connectivity index (χ0n) is 10.6.